The summed E-state index contributed by atoms with van der Waals surface area (Å²) in [5.41, 5.74) is 2.84. The van der Waals surface area contributed by atoms with Crippen molar-refractivity contribution < 1.29 is 5.11 Å². The van der Waals surface area contributed by atoms with E-state index in [2.05, 4.69) is 44.8 Å². The third-order valence-corrected chi connectivity index (χ3v) is 3.71. The maximum absolute atomic E-state index is 9.30. The molecule has 0 saturated heterocycles. The zero-order chi connectivity index (χ0) is 17.8. The van der Waals surface area contributed by atoms with Gasteiger partial charge in [0.1, 0.15) is 17.5 Å². The summed E-state index contributed by atoms with van der Waals surface area (Å²) in [6.45, 7) is 4.71. The van der Waals surface area contributed by atoms with Crippen LogP contribution in [-0.2, 0) is 6.54 Å². The summed E-state index contributed by atoms with van der Waals surface area (Å²) < 4.78 is 2.03. The molecule has 25 heavy (non-hydrogen) atoms. The number of imidazole rings is 1. The number of fused-ring (bicyclic) bond motifs is 1. The number of aliphatic hydroxyl groups excluding tert-OH is 1. The highest BCUT2D eigenvalue weighted by Crippen LogP contribution is 2.24. The summed E-state index contributed by atoms with van der Waals surface area (Å²) in [4.78, 5) is 4.68. The van der Waals surface area contributed by atoms with E-state index in [1.807, 2.05) is 28.8 Å². The minimum atomic E-state index is 0.0597. The van der Waals surface area contributed by atoms with Crippen molar-refractivity contribution in [2.24, 2.45) is 0 Å². The fourth-order valence-electron chi connectivity index (χ4n) is 2.59. The lowest BCUT2D eigenvalue weighted by Crippen LogP contribution is -2.08. The summed E-state index contributed by atoms with van der Waals surface area (Å²) in [7, 11) is 0. The van der Waals surface area contributed by atoms with Gasteiger partial charge in [0.05, 0.1) is 17.6 Å². The van der Waals surface area contributed by atoms with Crippen molar-refractivity contribution in [2.75, 3.05) is 11.9 Å². The zero-order valence-corrected chi connectivity index (χ0v) is 13.9. The van der Waals surface area contributed by atoms with Gasteiger partial charge in [0.2, 0.25) is 5.82 Å². The quantitative estimate of drug-likeness (QED) is 0.583. The minimum absolute atomic E-state index is 0.0597. The number of hydrogen-bond donors (Lipinski definition) is 3. The number of aromatic amines is 1. The van der Waals surface area contributed by atoms with Gasteiger partial charge in [-0.15, -0.1) is 10.2 Å². The van der Waals surface area contributed by atoms with Gasteiger partial charge in [-0.25, -0.2) is 4.98 Å². The van der Waals surface area contributed by atoms with Crippen molar-refractivity contribution >= 4 is 22.3 Å². The van der Waals surface area contributed by atoms with Crippen molar-refractivity contribution in [1.82, 2.24) is 30.2 Å². The Labute approximate surface area is 144 Å². The summed E-state index contributed by atoms with van der Waals surface area (Å²) in [6, 6.07) is 7.76. The molecule has 0 unspecified atom stereocenters. The number of rotatable bonds is 6. The van der Waals surface area contributed by atoms with Crippen molar-refractivity contribution in [2.45, 2.75) is 26.3 Å². The largest absolute Gasteiger partial charge is 0.395 e. The third-order valence-electron chi connectivity index (χ3n) is 3.71. The van der Waals surface area contributed by atoms with Gasteiger partial charge in [-0.1, -0.05) is 13.8 Å². The molecule has 0 bridgehead atoms. The molecule has 0 saturated carbocycles. The summed E-state index contributed by atoms with van der Waals surface area (Å²) in [5.74, 6) is 1.41. The van der Waals surface area contributed by atoms with E-state index in [0.717, 1.165) is 22.5 Å². The van der Waals surface area contributed by atoms with Crippen LogP contribution in [0.4, 0.5) is 5.69 Å². The molecule has 9 nitrogen and oxygen atoms in total. The van der Waals surface area contributed by atoms with Crippen molar-refractivity contribution in [3.05, 3.63) is 36.0 Å². The molecule has 128 valence electrons. The molecule has 0 fully saturated rings. The Morgan fingerprint density at radius 1 is 1.48 bits per heavy atom. The van der Waals surface area contributed by atoms with E-state index >= 15 is 0 Å². The molecule has 0 aliphatic rings. The Bertz CT molecular complexity index is 933. The molecule has 0 radical (unpaired) electrons. The number of nitrogens with zero attached hydrogens (tertiary/aromatic N) is 6. The Morgan fingerprint density at radius 3 is 2.96 bits per heavy atom. The molecule has 3 N–H and O–H groups in total. The Kier molecular flexibility index (Phi) is 4.72. The number of benzene rings is 1. The van der Waals surface area contributed by atoms with Gasteiger partial charge >= 0.3 is 0 Å². The molecule has 3 aromatic rings. The minimum Gasteiger partial charge on any atom is -0.395 e. The first kappa shape index (κ1) is 16.6. The van der Waals surface area contributed by atoms with Crippen LogP contribution in [0.3, 0.4) is 0 Å². The van der Waals surface area contributed by atoms with Crippen LogP contribution >= 0.6 is 0 Å². The molecule has 0 atom stereocenters. The molecule has 3 rings (SSSR count). The van der Waals surface area contributed by atoms with Crippen LogP contribution in [0, 0.1) is 11.3 Å². The van der Waals surface area contributed by atoms with E-state index in [4.69, 9.17) is 0 Å². The number of nitriles is 1. The fraction of sp³-hybridized carbons (Fsp3) is 0.312. The van der Waals surface area contributed by atoms with Crippen LogP contribution in [0.25, 0.3) is 16.6 Å². The van der Waals surface area contributed by atoms with Crippen molar-refractivity contribution in [3.63, 3.8) is 0 Å². The van der Waals surface area contributed by atoms with Crippen LogP contribution in [0.1, 0.15) is 31.4 Å². The summed E-state index contributed by atoms with van der Waals surface area (Å²) in [6.07, 6.45) is 1.53. The molecule has 2 aromatic heterocycles. The predicted octanol–water partition coefficient (Wildman–Crippen LogP) is 1.64. The van der Waals surface area contributed by atoms with E-state index in [-0.39, 0.29) is 23.9 Å². The van der Waals surface area contributed by atoms with Crippen molar-refractivity contribution in [1.29, 1.82) is 5.26 Å². The van der Waals surface area contributed by atoms with Gasteiger partial charge in [0, 0.05) is 24.4 Å². The van der Waals surface area contributed by atoms with Crippen LogP contribution in [0.15, 0.2) is 24.4 Å². The Balaban J connectivity index is 1.92. The number of aromatic nitrogens is 6. The average Bonchev–Trinajstić information content (AvgIpc) is 3.24. The van der Waals surface area contributed by atoms with E-state index in [1.54, 1.807) is 0 Å². The number of H-pyrrole nitrogens is 1. The maximum atomic E-state index is 9.30. The molecule has 0 spiro atoms. The smallest absolute Gasteiger partial charge is 0.216 e. The van der Waals surface area contributed by atoms with Crippen molar-refractivity contribution in [3.8, 4) is 6.07 Å². The number of anilines is 1. The van der Waals surface area contributed by atoms with Crippen LogP contribution in [0.5, 0.6) is 0 Å². The lowest BCUT2D eigenvalue weighted by molar-refractivity contribution is 0.275. The second-order valence-electron chi connectivity index (χ2n) is 5.75. The number of nitrogens with one attached hydrogen (secondary N) is 2. The molecule has 0 aliphatic heterocycles. The lowest BCUT2D eigenvalue weighted by atomic mass is 10.2. The van der Waals surface area contributed by atoms with Gasteiger partial charge < -0.3 is 15.0 Å². The predicted molar refractivity (Wildman–Crippen MR) is 92.3 cm³/mol. The second-order valence-corrected chi connectivity index (χ2v) is 5.75. The SMILES string of the molecule is CC(C)c1nc2cc(NC=C(C#N)c3nn[nH]n3)ccc2n1CCO. The van der Waals surface area contributed by atoms with Crippen LogP contribution in [0.2, 0.25) is 0 Å². The third kappa shape index (κ3) is 3.34. The van der Waals surface area contributed by atoms with Gasteiger partial charge in [-0.05, 0) is 23.4 Å². The topological polar surface area (TPSA) is 128 Å². The zero-order valence-electron chi connectivity index (χ0n) is 13.9. The van der Waals surface area contributed by atoms with Gasteiger partial charge in [0.15, 0.2) is 0 Å². The molecule has 1 aromatic carbocycles. The number of allylic oxidation sites excluding steroid dienone is 1. The highest BCUT2D eigenvalue weighted by Gasteiger charge is 2.13. The summed E-state index contributed by atoms with van der Waals surface area (Å²) in [5, 5.41) is 34.9. The molecule has 0 amide bonds. The monoisotopic (exact) mass is 338 g/mol. The number of aliphatic hydroxyl groups is 1. The highest BCUT2D eigenvalue weighted by molar-refractivity contribution is 5.81. The fourth-order valence-corrected chi connectivity index (χ4v) is 2.59. The number of hydrogen-bond acceptors (Lipinski definition) is 7. The first-order valence-corrected chi connectivity index (χ1v) is 7.85. The van der Waals surface area contributed by atoms with Crippen LogP contribution < -0.4 is 5.32 Å². The Hall–Kier alpha value is -3.25. The molecule has 0 aliphatic carbocycles. The summed E-state index contributed by atoms with van der Waals surface area (Å²) >= 11 is 0. The first-order chi connectivity index (χ1) is 12.1. The number of tetrazole rings is 1. The second kappa shape index (κ2) is 7.11. The lowest BCUT2D eigenvalue weighted by Gasteiger charge is -2.09. The highest BCUT2D eigenvalue weighted by atomic mass is 16.3. The van der Waals surface area contributed by atoms with E-state index in [0.29, 0.717) is 6.54 Å². The Morgan fingerprint density at radius 2 is 2.32 bits per heavy atom. The standard InChI is InChI=1S/C16H18N8O/c1-10(2)16-19-13-7-12(3-4-14(13)24(16)5-6-25)18-9-11(8-17)15-20-22-23-21-15/h3-4,7,9-10,18,25H,5-6H2,1-2H3,(H,20,21,22,23). The van der Waals surface area contributed by atoms with E-state index in [9.17, 15) is 10.4 Å². The van der Waals surface area contributed by atoms with Gasteiger partial charge in [-0.2, -0.15) is 10.5 Å². The van der Waals surface area contributed by atoms with Crippen LogP contribution in [-0.4, -0.2) is 41.9 Å². The van der Waals surface area contributed by atoms with Gasteiger partial charge in [-0.3, -0.25) is 0 Å². The van der Waals surface area contributed by atoms with E-state index in [1.165, 1.54) is 6.20 Å². The first-order valence-electron chi connectivity index (χ1n) is 7.85. The molecule has 9 heteroatoms. The molecular formula is C16H18N8O. The van der Waals surface area contributed by atoms with Gasteiger partial charge in [0.25, 0.3) is 0 Å². The molecule has 2 heterocycles. The maximum Gasteiger partial charge on any atom is 0.216 e. The molecular weight excluding hydrogens is 320 g/mol. The van der Waals surface area contributed by atoms with E-state index < -0.39 is 0 Å². The average molecular weight is 338 g/mol. The normalized spacial score (nSPS) is 11.9.